The summed E-state index contributed by atoms with van der Waals surface area (Å²) in [6.45, 7) is 24.0. The summed E-state index contributed by atoms with van der Waals surface area (Å²) in [6, 6.07) is 8.49. The molecule has 0 amide bonds. The van der Waals surface area contributed by atoms with Crippen molar-refractivity contribution < 1.29 is 9.47 Å². The highest BCUT2D eigenvalue weighted by Crippen LogP contribution is 2.23. The summed E-state index contributed by atoms with van der Waals surface area (Å²) in [5.41, 5.74) is 1.93. The van der Waals surface area contributed by atoms with Crippen LogP contribution < -0.4 is 4.74 Å². The van der Waals surface area contributed by atoms with Crippen molar-refractivity contribution in [3.05, 3.63) is 29.8 Å². The Bertz CT molecular complexity index is 392. The molecule has 0 radical (unpaired) electrons. The Morgan fingerprint density at radius 3 is 1.44 bits per heavy atom. The van der Waals surface area contributed by atoms with Crippen molar-refractivity contribution >= 4 is 0 Å². The van der Waals surface area contributed by atoms with Gasteiger partial charge in [-0.05, 0) is 48.8 Å². The van der Waals surface area contributed by atoms with Gasteiger partial charge in [-0.3, -0.25) is 0 Å². The summed E-state index contributed by atoms with van der Waals surface area (Å²) in [7, 11) is 0. The quantitative estimate of drug-likeness (QED) is 0.559. The summed E-state index contributed by atoms with van der Waals surface area (Å²) in [5.74, 6) is 0.970. The van der Waals surface area contributed by atoms with Crippen molar-refractivity contribution in [3.8, 4) is 5.75 Å². The minimum atomic E-state index is 0.212. The van der Waals surface area contributed by atoms with Crippen LogP contribution in [0.5, 0.6) is 5.75 Å². The predicted octanol–water partition coefficient (Wildman–Crippen LogP) is 7.16. The second kappa shape index (κ2) is 14.2. The molecule has 0 heterocycles. The van der Waals surface area contributed by atoms with Gasteiger partial charge in [-0.1, -0.05) is 73.9 Å². The highest BCUT2D eigenvalue weighted by Gasteiger charge is 2.12. The van der Waals surface area contributed by atoms with Crippen molar-refractivity contribution in [3.63, 3.8) is 0 Å². The van der Waals surface area contributed by atoms with Gasteiger partial charge >= 0.3 is 0 Å². The minimum absolute atomic E-state index is 0.212. The molecule has 0 saturated carbocycles. The Morgan fingerprint density at radius 2 is 1.16 bits per heavy atom. The van der Waals surface area contributed by atoms with E-state index in [1.807, 2.05) is 13.8 Å². The lowest BCUT2D eigenvalue weighted by Crippen LogP contribution is -2.16. The fourth-order valence-electron chi connectivity index (χ4n) is 1.82. The average Bonchev–Trinajstić information content (AvgIpc) is 2.46. The zero-order chi connectivity index (χ0) is 19.9. The van der Waals surface area contributed by atoms with Crippen LogP contribution in [0.2, 0.25) is 0 Å². The fraction of sp³-hybridized carbons (Fsp3) is 0.739. The number of benzene rings is 1. The van der Waals surface area contributed by atoms with Gasteiger partial charge < -0.3 is 9.47 Å². The molecule has 0 bridgehead atoms. The van der Waals surface area contributed by atoms with E-state index in [9.17, 15) is 0 Å². The van der Waals surface area contributed by atoms with Crippen LogP contribution in [-0.4, -0.2) is 19.8 Å². The maximum Gasteiger partial charge on any atom is 0.119 e. The van der Waals surface area contributed by atoms with E-state index >= 15 is 0 Å². The molecule has 0 aromatic heterocycles. The van der Waals surface area contributed by atoms with Gasteiger partial charge in [-0.2, -0.15) is 0 Å². The van der Waals surface area contributed by atoms with E-state index in [0.29, 0.717) is 5.41 Å². The van der Waals surface area contributed by atoms with Crippen LogP contribution in [0.25, 0.3) is 0 Å². The molecule has 0 aliphatic rings. The summed E-state index contributed by atoms with van der Waals surface area (Å²) < 4.78 is 10.6. The van der Waals surface area contributed by atoms with Gasteiger partial charge in [0, 0.05) is 13.2 Å². The van der Waals surface area contributed by atoms with Gasteiger partial charge in [0.25, 0.3) is 0 Å². The smallest absolute Gasteiger partial charge is 0.119 e. The molecule has 0 atom stereocenters. The Labute approximate surface area is 158 Å². The van der Waals surface area contributed by atoms with Gasteiger partial charge in [0.15, 0.2) is 0 Å². The molecule has 0 spiro atoms. The molecular formula is C23H44O2. The van der Waals surface area contributed by atoms with Crippen LogP contribution in [0.4, 0.5) is 0 Å². The van der Waals surface area contributed by atoms with Gasteiger partial charge in [0.05, 0.1) is 6.61 Å². The molecule has 0 fully saturated rings. The molecule has 0 unspecified atom stereocenters. The Morgan fingerprint density at radius 1 is 0.720 bits per heavy atom. The summed E-state index contributed by atoms with van der Waals surface area (Å²) in [4.78, 5) is 0. The van der Waals surface area contributed by atoms with Crippen molar-refractivity contribution in [1.82, 2.24) is 0 Å². The summed E-state index contributed by atoms with van der Waals surface area (Å²) in [6.07, 6.45) is 2.35. The Balaban J connectivity index is 0. The maximum absolute atomic E-state index is 5.76. The van der Waals surface area contributed by atoms with Gasteiger partial charge in [-0.15, -0.1) is 0 Å². The third-order valence-corrected chi connectivity index (χ3v) is 2.74. The third kappa shape index (κ3) is 20.9. The van der Waals surface area contributed by atoms with Crippen LogP contribution in [0.15, 0.2) is 24.3 Å². The third-order valence-electron chi connectivity index (χ3n) is 2.74. The maximum atomic E-state index is 5.76. The van der Waals surface area contributed by atoms with Crippen LogP contribution in [0, 0.1) is 10.8 Å². The van der Waals surface area contributed by atoms with Gasteiger partial charge in [0.2, 0.25) is 0 Å². The molecule has 1 rings (SSSR count). The molecule has 2 nitrogen and oxygen atoms in total. The molecule has 25 heavy (non-hydrogen) atoms. The van der Waals surface area contributed by atoms with Crippen molar-refractivity contribution in [1.29, 1.82) is 0 Å². The monoisotopic (exact) mass is 352 g/mol. The Hall–Kier alpha value is -1.02. The predicted molar refractivity (Wildman–Crippen MR) is 113 cm³/mol. The second-order valence-electron chi connectivity index (χ2n) is 8.72. The first-order chi connectivity index (χ1) is 11.5. The molecule has 1 aromatic carbocycles. The van der Waals surface area contributed by atoms with Crippen LogP contribution in [0.3, 0.4) is 0 Å². The first kappa shape index (κ1) is 26.2. The highest BCUT2D eigenvalue weighted by molar-refractivity contribution is 5.27. The highest BCUT2D eigenvalue weighted by atomic mass is 16.5. The molecule has 0 aliphatic carbocycles. The van der Waals surface area contributed by atoms with Crippen molar-refractivity contribution in [2.45, 2.75) is 82.1 Å². The van der Waals surface area contributed by atoms with Crippen LogP contribution >= 0.6 is 0 Å². The largest absolute Gasteiger partial charge is 0.493 e. The molecule has 0 aliphatic heterocycles. The molecule has 0 N–H and O–H groups in total. The lowest BCUT2D eigenvalue weighted by molar-refractivity contribution is 0.162. The van der Waals surface area contributed by atoms with Crippen molar-refractivity contribution in [2.75, 3.05) is 19.8 Å². The zero-order valence-corrected chi connectivity index (χ0v) is 18.7. The van der Waals surface area contributed by atoms with E-state index in [2.05, 4.69) is 79.7 Å². The summed E-state index contributed by atoms with van der Waals surface area (Å²) >= 11 is 0. The SMILES string of the molecule is CC(C)(C)COc1ccc(CC(C)(C)C)cc1.CCC.CCOCC. The number of hydrogen-bond acceptors (Lipinski definition) is 2. The summed E-state index contributed by atoms with van der Waals surface area (Å²) in [5, 5.41) is 0. The van der Waals surface area contributed by atoms with E-state index in [0.717, 1.165) is 32.0 Å². The topological polar surface area (TPSA) is 18.5 Å². The van der Waals surface area contributed by atoms with Gasteiger partial charge in [-0.25, -0.2) is 0 Å². The molecular weight excluding hydrogens is 308 g/mol. The van der Waals surface area contributed by atoms with Crippen molar-refractivity contribution in [2.24, 2.45) is 10.8 Å². The average molecular weight is 353 g/mol. The van der Waals surface area contributed by atoms with Gasteiger partial charge in [0.1, 0.15) is 5.75 Å². The first-order valence-electron chi connectivity index (χ1n) is 9.78. The van der Waals surface area contributed by atoms with E-state index in [4.69, 9.17) is 9.47 Å². The lowest BCUT2D eigenvalue weighted by atomic mass is 9.88. The van der Waals surface area contributed by atoms with Crippen LogP contribution in [0.1, 0.15) is 81.2 Å². The minimum Gasteiger partial charge on any atom is -0.493 e. The fourth-order valence-corrected chi connectivity index (χ4v) is 1.82. The van der Waals surface area contributed by atoms with E-state index < -0.39 is 0 Å². The number of ether oxygens (including phenoxy) is 2. The van der Waals surface area contributed by atoms with Crippen LogP contribution in [-0.2, 0) is 11.2 Å². The molecule has 148 valence electrons. The molecule has 0 saturated heterocycles. The van der Waals surface area contributed by atoms with E-state index in [1.54, 1.807) is 0 Å². The molecule has 1 aromatic rings. The molecule has 2 heteroatoms. The lowest BCUT2D eigenvalue weighted by Gasteiger charge is -2.20. The zero-order valence-electron chi connectivity index (χ0n) is 18.7. The van der Waals surface area contributed by atoms with E-state index in [1.165, 1.54) is 12.0 Å². The second-order valence-corrected chi connectivity index (χ2v) is 8.72. The number of hydrogen-bond donors (Lipinski definition) is 0. The number of rotatable bonds is 5. The van der Waals surface area contributed by atoms with E-state index in [-0.39, 0.29) is 5.41 Å². The Kier molecular flexibility index (Phi) is 14.9. The standard InChI is InChI=1S/C16H26O.C4H10O.C3H8/c1-15(2,3)11-13-7-9-14(10-8-13)17-12-16(4,5)6;1-3-5-4-2;1-3-2/h7-10H,11-12H2,1-6H3;3-4H2,1-2H3;3H2,1-2H3. The normalized spacial score (nSPS) is 11.0. The first-order valence-corrected chi connectivity index (χ1v) is 9.78.